The van der Waals surface area contributed by atoms with E-state index in [4.69, 9.17) is 27.6 Å². The minimum Gasteiger partial charge on any atom is -0.422 e. The van der Waals surface area contributed by atoms with E-state index < -0.39 is 11.5 Å². The zero-order chi connectivity index (χ0) is 22.2. The second kappa shape index (κ2) is 8.41. The highest BCUT2D eigenvalue weighted by Crippen LogP contribution is 2.35. The van der Waals surface area contributed by atoms with Gasteiger partial charge >= 0.3 is 5.63 Å². The first-order chi connectivity index (χ1) is 15.5. The van der Waals surface area contributed by atoms with E-state index in [0.717, 1.165) is 30.2 Å². The Kier molecular flexibility index (Phi) is 5.45. The van der Waals surface area contributed by atoms with Crippen molar-refractivity contribution in [2.75, 3.05) is 5.32 Å². The van der Waals surface area contributed by atoms with E-state index in [1.54, 1.807) is 0 Å². The van der Waals surface area contributed by atoms with E-state index in [-0.39, 0.29) is 22.2 Å². The molecule has 2 heterocycles. The molecule has 2 aromatic carbocycles. The number of pyridine rings is 1. The minimum atomic E-state index is -0.531. The van der Waals surface area contributed by atoms with Crippen molar-refractivity contribution in [3.63, 3.8) is 0 Å². The second-order valence-corrected chi connectivity index (χ2v) is 8.60. The Morgan fingerprint density at radius 1 is 1.03 bits per heavy atom. The number of aromatic nitrogens is 1. The molecular weight excluding hydrogens is 447 g/mol. The highest BCUT2D eigenvalue weighted by Gasteiger charge is 2.22. The maximum atomic E-state index is 13.0. The van der Waals surface area contributed by atoms with Crippen molar-refractivity contribution >= 4 is 45.8 Å². The average molecular weight is 465 g/mol. The summed E-state index contributed by atoms with van der Waals surface area (Å²) in [7, 11) is 0. The van der Waals surface area contributed by atoms with Gasteiger partial charge in [0.15, 0.2) is 0 Å². The lowest BCUT2D eigenvalue weighted by atomic mass is 9.93. The molecule has 0 saturated heterocycles. The number of carbonyl (C=O) groups is 1. The summed E-state index contributed by atoms with van der Waals surface area (Å²) in [5.41, 5.74) is 4.61. The third kappa shape index (κ3) is 3.78. The van der Waals surface area contributed by atoms with Gasteiger partial charge < -0.3 is 9.73 Å². The van der Waals surface area contributed by atoms with Gasteiger partial charge in [0.05, 0.1) is 27.7 Å². The molecule has 160 valence electrons. The van der Waals surface area contributed by atoms with Crippen LogP contribution >= 0.6 is 23.2 Å². The number of aryl methyl sites for hydroxylation is 2. The topological polar surface area (TPSA) is 72.2 Å². The number of benzene rings is 2. The third-order valence-corrected chi connectivity index (χ3v) is 6.30. The minimum absolute atomic E-state index is 0.186. The van der Waals surface area contributed by atoms with Crippen molar-refractivity contribution in [3.8, 4) is 11.1 Å². The number of rotatable bonds is 4. The molecule has 0 fully saturated rings. The van der Waals surface area contributed by atoms with Crippen LogP contribution in [0.4, 0.5) is 5.69 Å². The van der Waals surface area contributed by atoms with Crippen LogP contribution in [-0.2, 0) is 24.1 Å². The van der Waals surface area contributed by atoms with E-state index in [2.05, 4.69) is 16.4 Å². The fourth-order valence-corrected chi connectivity index (χ4v) is 4.74. The maximum Gasteiger partial charge on any atom is 0.340 e. The van der Waals surface area contributed by atoms with Crippen molar-refractivity contribution < 1.29 is 9.21 Å². The van der Waals surface area contributed by atoms with E-state index in [9.17, 15) is 9.59 Å². The summed E-state index contributed by atoms with van der Waals surface area (Å²) in [6.45, 7) is 0. The Bertz CT molecular complexity index is 1390. The molecule has 0 radical (unpaired) electrons. The van der Waals surface area contributed by atoms with Gasteiger partial charge in [-0.3, -0.25) is 9.78 Å². The third-order valence-electron chi connectivity index (χ3n) is 5.73. The molecule has 7 heteroatoms. The van der Waals surface area contributed by atoms with Gasteiger partial charge in [0.2, 0.25) is 5.91 Å². The summed E-state index contributed by atoms with van der Waals surface area (Å²) in [6.07, 6.45) is 5.65. The molecule has 0 saturated carbocycles. The molecular formula is C25H18Cl2N2O3. The number of fused-ring (bicyclic) bond motifs is 2. The van der Waals surface area contributed by atoms with E-state index in [0.29, 0.717) is 16.7 Å². The monoisotopic (exact) mass is 464 g/mol. The van der Waals surface area contributed by atoms with Crippen molar-refractivity contribution in [1.29, 1.82) is 0 Å². The number of hydrogen-bond donors (Lipinski definition) is 1. The fourth-order valence-electron chi connectivity index (χ4n) is 4.28. The summed E-state index contributed by atoms with van der Waals surface area (Å²) >= 11 is 12.3. The smallest absolute Gasteiger partial charge is 0.340 e. The van der Waals surface area contributed by atoms with Gasteiger partial charge in [-0.05, 0) is 48.1 Å². The van der Waals surface area contributed by atoms with Gasteiger partial charge in [0, 0.05) is 23.3 Å². The fraction of sp³-hybridized carbons (Fsp3) is 0.160. The molecule has 0 aliphatic heterocycles. The quantitative estimate of drug-likeness (QED) is 0.385. The van der Waals surface area contributed by atoms with E-state index in [1.807, 2.05) is 36.4 Å². The lowest BCUT2D eigenvalue weighted by Gasteiger charge is -2.14. The first kappa shape index (κ1) is 20.7. The van der Waals surface area contributed by atoms with E-state index >= 15 is 0 Å². The number of carbonyl (C=O) groups excluding carboxylic acids is 1. The summed E-state index contributed by atoms with van der Waals surface area (Å²) in [4.78, 5) is 29.8. The Balaban J connectivity index is 1.64. The predicted molar refractivity (Wildman–Crippen MR) is 127 cm³/mol. The second-order valence-electron chi connectivity index (χ2n) is 7.78. The number of anilines is 1. The van der Waals surface area contributed by atoms with Crippen LogP contribution in [-0.4, -0.2) is 10.9 Å². The van der Waals surface area contributed by atoms with Gasteiger partial charge in [0.1, 0.15) is 5.58 Å². The Morgan fingerprint density at radius 3 is 2.44 bits per heavy atom. The molecule has 5 nitrogen and oxygen atoms in total. The highest BCUT2D eigenvalue weighted by atomic mass is 35.5. The molecule has 1 aliphatic carbocycles. The van der Waals surface area contributed by atoms with Gasteiger partial charge in [0.25, 0.3) is 0 Å². The molecule has 0 spiro atoms. The molecule has 0 atom stereocenters. The molecule has 4 aromatic rings. The molecule has 2 aromatic heterocycles. The molecule has 0 bridgehead atoms. The summed E-state index contributed by atoms with van der Waals surface area (Å²) in [5.74, 6) is -0.426. The normalized spacial score (nSPS) is 12.7. The van der Waals surface area contributed by atoms with Gasteiger partial charge in [-0.25, -0.2) is 4.79 Å². The first-order valence-electron chi connectivity index (χ1n) is 10.3. The highest BCUT2D eigenvalue weighted by molar-refractivity contribution is 6.39. The van der Waals surface area contributed by atoms with Gasteiger partial charge in [-0.1, -0.05) is 53.5 Å². The van der Waals surface area contributed by atoms with Gasteiger partial charge in [-0.2, -0.15) is 0 Å². The van der Waals surface area contributed by atoms with Crippen molar-refractivity contribution in [3.05, 3.63) is 92.0 Å². The summed E-state index contributed by atoms with van der Waals surface area (Å²) < 4.78 is 5.68. The molecule has 1 N–H and O–H groups in total. The van der Waals surface area contributed by atoms with Crippen LogP contribution in [0.2, 0.25) is 10.0 Å². The first-order valence-corrected chi connectivity index (χ1v) is 11.0. The van der Waals surface area contributed by atoms with Crippen LogP contribution in [0.15, 0.2) is 64.1 Å². The maximum absolute atomic E-state index is 13.0. The number of nitrogens with one attached hydrogen (secondary N) is 1. The molecule has 0 unspecified atom stereocenters. The number of nitrogens with zero attached hydrogens (tertiary/aromatic N) is 1. The standard InChI is InChI=1S/C25H18Cl2N2O3/c26-19-12-28-13-20(27)24(19)29-22(30)11-18-23(14-5-2-1-3-6-14)17-9-15-7-4-8-16(15)10-21(17)32-25(18)31/h1-3,5-6,9-10,12-13H,4,7-8,11H2,(H,28,29,30). The van der Waals surface area contributed by atoms with Crippen LogP contribution in [0.5, 0.6) is 0 Å². The Hall–Kier alpha value is -3.15. The SMILES string of the molecule is O=C(Cc1c(-c2ccccc2)c2cc3c(cc2oc1=O)CCC3)Nc1c(Cl)cncc1Cl. The zero-order valence-electron chi connectivity index (χ0n) is 17.0. The largest absolute Gasteiger partial charge is 0.422 e. The Morgan fingerprint density at radius 2 is 1.72 bits per heavy atom. The summed E-state index contributed by atoms with van der Waals surface area (Å²) in [6, 6.07) is 13.6. The Labute approximate surface area is 194 Å². The predicted octanol–water partition coefficient (Wildman–Crippen LogP) is 5.83. The van der Waals surface area contributed by atoms with Crippen molar-refractivity contribution in [1.82, 2.24) is 4.98 Å². The molecule has 5 rings (SSSR count). The van der Waals surface area contributed by atoms with Crippen molar-refractivity contribution in [2.45, 2.75) is 25.7 Å². The lowest BCUT2D eigenvalue weighted by Crippen LogP contribution is -2.21. The van der Waals surface area contributed by atoms with Crippen LogP contribution in [0, 0.1) is 0 Å². The van der Waals surface area contributed by atoms with Crippen LogP contribution in [0.25, 0.3) is 22.1 Å². The van der Waals surface area contributed by atoms with Gasteiger partial charge in [-0.15, -0.1) is 0 Å². The summed E-state index contributed by atoms with van der Waals surface area (Å²) in [5, 5.41) is 3.97. The van der Waals surface area contributed by atoms with Crippen LogP contribution in [0.3, 0.4) is 0 Å². The van der Waals surface area contributed by atoms with Crippen molar-refractivity contribution in [2.24, 2.45) is 0 Å². The van der Waals surface area contributed by atoms with Crippen LogP contribution < -0.4 is 10.9 Å². The number of hydrogen-bond acceptors (Lipinski definition) is 4. The molecule has 1 aliphatic rings. The number of halogens is 2. The van der Waals surface area contributed by atoms with E-state index in [1.165, 1.54) is 23.5 Å². The zero-order valence-corrected chi connectivity index (χ0v) is 18.5. The van der Waals surface area contributed by atoms with Crippen LogP contribution in [0.1, 0.15) is 23.1 Å². The number of amides is 1. The molecule has 32 heavy (non-hydrogen) atoms. The lowest BCUT2D eigenvalue weighted by molar-refractivity contribution is -0.115. The molecule has 1 amide bonds. The average Bonchev–Trinajstić information content (AvgIpc) is 3.23.